The predicted octanol–water partition coefficient (Wildman–Crippen LogP) is 3.09. The Hall–Kier alpha value is -2.20. The third kappa shape index (κ3) is 6.79. The van der Waals surface area contributed by atoms with Crippen LogP contribution in [0, 0.1) is 0 Å². The number of nitrogens with zero attached hydrogens (tertiary/aromatic N) is 4. The molecule has 3 rings (SSSR count). The summed E-state index contributed by atoms with van der Waals surface area (Å²) in [5.74, 6) is 1.43. The molecule has 0 aliphatic heterocycles. The lowest BCUT2D eigenvalue weighted by atomic mass is 10.2. The minimum absolute atomic E-state index is 0. The molecule has 0 saturated carbocycles. The highest BCUT2D eigenvalue weighted by Gasteiger charge is 2.08. The van der Waals surface area contributed by atoms with Crippen molar-refractivity contribution >= 4 is 41.5 Å². The van der Waals surface area contributed by atoms with Crippen LogP contribution in [0.4, 0.5) is 0 Å². The molecule has 0 aliphatic carbocycles. The van der Waals surface area contributed by atoms with Crippen LogP contribution in [0.5, 0.6) is 0 Å². The van der Waals surface area contributed by atoms with Gasteiger partial charge in [0.1, 0.15) is 0 Å². The Morgan fingerprint density at radius 2 is 1.96 bits per heavy atom. The minimum Gasteiger partial charge on any atom is -0.370 e. The molecule has 0 radical (unpaired) electrons. The highest BCUT2D eigenvalue weighted by molar-refractivity contribution is 14.0. The summed E-state index contributed by atoms with van der Waals surface area (Å²) in [5, 5.41) is 7.69. The van der Waals surface area contributed by atoms with E-state index in [0.717, 1.165) is 17.7 Å². The number of aromatic nitrogens is 3. The fraction of sp³-hybridized carbons (Fsp3) is 0.222. The van der Waals surface area contributed by atoms with Crippen LogP contribution in [0.3, 0.4) is 0 Å². The Morgan fingerprint density at radius 3 is 2.70 bits per heavy atom. The SMILES string of the molecule is I.NC(=NCCc1nc(-c2ccc(Cl)cc2)no1)NCCc1ccccn1. The molecule has 7 nitrogen and oxygen atoms in total. The van der Waals surface area contributed by atoms with Gasteiger partial charge in [0.15, 0.2) is 5.96 Å². The molecule has 3 N–H and O–H groups in total. The van der Waals surface area contributed by atoms with E-state index in [4.69, 9.17) is 21.9 Å². The van der Waals surface area contributed by atoms with Crippen LogP contribution in [0.1, 0.15) is 11.6 Å². The molecule has 0 fully saturated rings. The van der Waals surface area contributed by atoms with E-state index in [1.54, 1.807) is 18.3 Å². The second kappa shape index (κ2) is 10.8. The molecule has 0 bridgehead atoms. The van der Waals surface area contributed by atoms with Crippen LogP contribution in [0.25, 0.3) is 11.4 Å². The third-order valence-electron chi connectivity index (χ3n) is 3.59. The number of benzene rings is 1. The zero-order chi connectivity index (χ0) is 18.2. The molecule has 0 spiro atoms. The van der Waals surface area contributed by atoms with Gasteiger partial charge in [-0.2, -0.15) is 4.98 Å². The average molecular weight is 499 g/mol. The topological polar surface area (TPSA) is 102 Å². The van der Waals surface area contributed by atoms with Gasteiger partial charge in [0.2, 0.25) is 11.7 Å². The van der Waals surface area contributed by atoms with Gasteiger partial charge in [0, 0.05) is 41.9 Å². The van der Waals surface area contributed by atoms with Gasteiger partial charge < -0.3 is 15.6 Å². The quantitative estimate of drug-likeness (QED) is 0.295. The van der Waals surface area contributed by atoms with E-state index in [1.165, 1.54) is 0 Å². The van der Waals surface area contributed by atoms with Crippen molar-refractivity contribution in [2.24, 2.45) is 10.7 Å². The van der Waals surface area contributed by atoms with E-state index in [9.17, 15) is 0 Å². The summed E-state index contributed by atoms with van der Waals surface area (Å²) in [6.45, 7) is 1.14. The monoisotopic (exact) mass is 498 g/mol. The number of nitrogens with one attached hydrogen (secondary N) is 1. The van der Waals surface area contributed by atoms with Gasteiger partial charge in [-0.05, 0) is 36.4 Å². The summed E-state index contributed by atoms with van der Waals surface area (Å²) in [4.78, 5) is 12.9. The van der Waals surface area contributed by atoms with Gasteiger partial charge >= 0.3 is 0 Å². The fourth-order valence-corrected chi connectivity index (χ4v) is 2.39. The normalized spacial score (nSPS) is 11.1. The van der Waals surface area contributed by atoms with E-state index in [-0.39, 0.29) is 24.0 Å². The van der Waals surface area contributed by atoms with Crippen molar-refractivity contribution in [3.8, 4) is 11.4 Å². The molecule has 2 heterocycles. The Kier molecular flexibility index (Phi) is 8.46. The molecular weight excluding hydrogens is 479 g/mol. The Morgan fingerprint density at radius 1 is 1.15 bits per heavy atom. The molecule has 0 unspecified atom stereocenters. The van der Waals surface area contributed by atoms with E-state index in [0.29, 0.717) is 42.2 Å². The maximum absolute atomic E-state index is 5.87. The molecule has 9 heteroatoms. The molecule has 27 heavy (non-hydrogen) atoms. The van der Waals surface area contributed by atoms with Crippen molar-refractivity contribution in [1.29, 1.82) is 0 Å². The van der Waals surface area contributed by atoms with Gasteiger partial charge in [-0.3, -0.25) is 9.98 Å². The van der Waals surface area contributed by atoms with Crippen LogP contribution >= 0.6 is 35.6 Å². The number of rotatable bonds is 7. The van der Waals surface area contributed by atoms with Crippen molar-refractivity contribution in [1.82, 2.24) is 20.4 Å². The van der Waals surface area contributed by atoms with Crippen molar-refractivity contribution in [3.63, 3.8) is 0 Å². The van der Waals surface area contributed by atoms with E-state index >= 15 is 0 Å². The number of hydrogen-bond donors (Lipinski definition) is 2. The van der Waals surface area contributed by atoms with Gasteiger partial charge in [-0.1, -0.05) is 22.8 Å². The van der Waals surface area contributed by atoms with Crippen LogP contribution in [-0.4, -0.2) is 34.2 Å². The summed E-state index contributed by atoms with van der Waals surface area (Å²) in [6.07, 6.45) is 3.07. The van der Waals surface area contributed by atoms with Gasteiger partial charge in [-0.25, -0.2) is 0 Å². The van der Waals surface area contributed by atoms with Crippen LogP contribution in [0.15, 0.2) is 58.2 Å². The first-order valence-corrected chi connectivity index (χ1v) is 8.61. The van der Waals surface area contributed by atoms with Gasteiger partial charge in [0.05, 0.1) is 6.54 Å². The maximum atomic E-state index is 5.87. The molecule has 2 aromatic heterocycles. The lowest BCUT2D eigenvalue weighted by Gasteiger charge is -2.04. The summed E-state index contributed by atoms with van der Waals surface area (Å²) in [6, 6.07) is 13.1. The van der Waals surface area contributed by atoms with E-state index < -0.39 is 0 Å². The number of nitrogens with two attached hydrogens (primary N) is 1. The molecule has 0 saturated heterocycles. The molecule has 3 aromatic rings. The highest BCUT2D eigenvalue weighted by atomic mass is 127. The average Bonchev–Trinajstić information content (AvgIpc) is 3.12. The smallest absolute Gasteiger partial charge is 0.228 e. The van der Waals surface area contributed by atoms with Gasteiger partial charge in [-0.15, -0.1) is 24.0 Å². The first-order chi connectivity index (χ1) is 12.7. The molecular formula is C18H20ClIN6O. The van der Waals surface area contributed by atoms with E-state index in [2.05, 4.69) is 25.4 Å². The highest BCUT2D eigenvalue weighted by Crippen LogP contribution is 2.18. The lowest BCUT2D eigenvalue weighted by molar-refractivity contribution is 0.380. The van der Waals surface area contributed by atoms with E-state index in [1.807, 2.05) is 30.3 Å². The van der Waals surface area contributed by atoms with Crippen molar-refractivity contribution in [2.75, 3.05) is 13.1 Å². The first-order valence-electron chi connectivity index (χ1n) is 8.23. The van der Waals surface area contributed by atoms with Gasteiger partial charge in [0.25, 0.3) is 0 Å². The molecule has 0 amide bonds. The first kappa shape index (κ1) is 21.1. The van der Waals surface area contributed by atoms with Crippen molar-refractivity contribution < 1.29 is 4.52 Å². The largest absolute Gasteiger partial charge is 0.370 e. The number of aliphatic imine (C=N–C) groups is 1. The summed E-state index contributed by atoms with van der Waals surface area (Å²) in [7, 11) is 0. The predicted molar refractivity (Wildman–Crippen MR) is 116 cm³/mol. The Labute approximate surface area is 179 Å². The lowest BCUT2D eigenvalue weighted by Crippen LogP contribution is -2.33. The summed E-state index contributed by atoms with van der Waals surface area (Å²) >= 11 is 5.87. The third-order valence-corrected chi connectivity index (χ3v) is 3.84. The second-order valence-corrected chi connectivity index (χ2v) is 5.97. The second-order valence-electron chi connectivity index (χ2n) is 5.53. The van der Waals surface area contributed by atoms with Crippen LogP contribution < -0.4 is 11.1 Å². The van der Waals surface area contributed by atoms with Crippen molar-refractivity contribution in [2.45, 2.75) is 12.8 Å². The molecule has 0 atom stereocenters. The molecule has 142 valence electrons. The summed E-state index contributed by atoms with van der Waals surface area (Å²) < 4.78 is 5.24. The summed E-state index contributed by atoms with van der Waals surface area (Å²) in [5.41, 5.74) is 7.71. The zero-order valence-electron chi connectivity index (χ0n) is 14.5. The van der Waals surface area contributed by atoms with Crippen LogP contribution in [-0.2, 0) is 12.8 Å². The number of guanidine groups is 1. The maximum Gasteiger partial charge on any atom is 0.228 e. The number of pyridine rings is 1. The fourth-order valence-electron chi connectivity index (χ4n) is 2.27. The zero-order valence-corrected chi connectivity index (χ0v) is 17.6. The standard InChI is InChI=1S/C18H19ClN6O.HI/c19-14-6-4-13(5-7-14)17-24-16(26-25-17)9-12-23-18(20)22-11-8-15-3-1-2-10-21-15;/h1-7,10H,8-9,11-12H2,(H3,20,22,23);1H. The molecule has 0 aliphatic rings. The Bertz CT molecular complexity index is 854. The number of halogens is 2. The van der Waals surface area contributed by atoms with Crippen molar-refractivity contribution in [3.05, 3.63) is 65.3 Å². The Balaban J connectivity index is 0.00000261. The van der Waals surface area contributed by atoms with Crippen LogP contribution in [0.2, 0.25) is 5.02 Å². The molecule has 1 aromatic carbocycles. The minimum atomic E-state index is 0. The number of hydrogen-bond acceptors (Lipinski definition) is 5.